The second-order valence-electron chi connectivity index (χ2n) is 7.73. The van der Waals surface area contributed by atoms with Crippen LogP contribution in [0.3, 0.4) is 0 Å². The third-order valence-corrected chi connectivity index (χ3v) is 5.63. The summed E-state index contributed by atoms with van der Waals surface area (Å²) in [7, 11) is 0. The summed E-state index contributed by atoms with van der Waals surface area (Å²) in [6, 6.07) is 11.7. The Labute approximate surface area is 172 Å². The van der Waals surface area contributed by atoms with E-state index in [1.54, 1.807) is 11.1 Å². The zero-order chi connectivity index (χ0) is 20.7. The number of nitriles is 1. The second kappa shape index (κ2) is 6.81. The van der Waals surface area contributed by atoms with Crippen LogP contribution in [0.15, 0.2) is 55.2 Å². The SMILES string of the molecule is Cc1cccc(C(=O)N2CC(CC#N)(n3cc(-c4ncnc5[nH]ccc45)cn3)C2)c1. The van der Waals surface area contributed by atoms with Crippen LogP contribution in [0.5, 0.6) is 0 Å². The Balaban J connectivity index is 1.42. The largest absolute Gasteiger partial charge is 0.346 e. The molecule has 0 aliphatic carbocycles. The molecule has 30 heavy (non-hydrogen) atoms. The van der Waals surface area contributed by atoms with Gasteiger partial charge in [0.2, 0.25) is 0 Å². The van der Waals surface area contributed by atoms with Crippen LogP contribution in [-0.4, -0.2) is 48.6 Å². The minimum atomic E-state index is -0.531. The number of amides is 1. The smallest absolute Gasteiger partial charge is 0.254 e. The summed E-state index contributed by atoms with van der Waals surface area (Å²) in [5.41, 5.74) is 3.57. The summed E-state index contributed by atoms with van der Waals surface area (Å²) in [6.07, 6.45) is 7.27. The molecule has 1 aromatic carbocycles. The molecule has 4 heterocycles. The maximum atomic E-state index is 12.8. The van der Waals surface area contributed by atoms with E-state index in [4.69, 9.17) is 0 Å². The van der Waals surface area contributed by atoms with Gasteiger partial charge in [0.15, 0.2) is 0 Å². The van der Waals surface area contributed by atoms with Gasteiger partial charge in [0, 0.05) is 42.0 Å². The molecule has 0 spiro atoms. The van der Waals surface area contributed by atoms with Gasteiger partial charge in [0.05, 0.1) is 24.4 Å². The second-order valence-corrected chi connectivity index (χ2v) is 7.73. The van der Waals surface area contributed by atoms with Crippen molar-refractivity contribution in [1.29, 1.82) is 5.26 Å². The number of hydrogen-bond acceptors (Lipinski definition) is 5. The third kappa shape index (κ3) is 2.83. The molecule has 0 atom stereocenters. The topological polar surface area (TPSA) is 103 Å². The van der Waals surface area contributed by atoms with Crippen molar-refractivity contribution in [2.45, 2.75) is 18.9 Å². The van der Waals surface area contributed by atoms with Crippen LogP contribution >= 0.6 is 0 Å². The van der Waals surface area contributed by atoms with E-state index in [9.17, 15) is 10.1 Å². The minimum absolute atomic E-state index is 0.0236. The Hall–Kier alpha value is -3.99. The molecule has 5 rings (SSSR count). The van der Waals surface area contributed by atoms with Gasteiger partial charge in [0.25, 0.3) is 5.91 Å². The number of aryl methyl sites for hydroxylation is 1. The molecule has 1 aliphatic rings. The van der Waals surface area contributed by atoms with Crippen LogP contribution in [0.4, 0.5) is 0 Å². The van der Waals surface area contributed by atoms with Crippen molar-refractivity contribution in [1.82, 2.24) is 29.6 Å². The molecule has 0 saturated carbocycles. The van der Waals surface area contributed by atoms with Gasteiger partial charge >= 0.3 is 0 Å². The highest BCUT2D eigenvalue weighted by Crippen LogP contribution is 2.35. The number of rotatable bonds is 4. The van der Waals surface area contributed by atoms with Gasteiger partial charge in [-0.25, -0.2) is 9.97 Å². The lowest BCUT2D eigenvalue weighted by Crippen LogP contribution is -2.64. The number of nitrogens with one attached hydrogen (secondary N) is 1. The van der Waals surface area contributed by atoms with Crippen LogP contribution in [0, 0.1) is 18.3 Å². The zero-order valence-corrected chi connectivity index (χ0v) is 16.4. The van der Waals surface area contributed by atoms with E-state index < -0.39 is 5.54 Å². The number of likely N-dealkylation sites (tertiary alicyclic amines) is 1. The van der Waals surface area contributed by atoms with Crippen molar-refractivity contribution >= 4 is 16.9 Å². The zero-order valence-electron chi connectivity index (χ0n) is 16.4. The monoisotopic (exact) mass is 397 g/mol. The molecular weight excluding hydrogens is 378 g/mol. The number of benzene rings is 1. The van der Waals surface area contributed by atoms with Crippen molar-refractivity contribution in [3.05, 3.63) is 66.4 Å². The molecule has 1 N–H and O–H groups in total. The number of carbonyl (C=O) groups is 1. The van der Waals surface area contributed by atoms with E-state index in [2.05, 4.69) is 26.1 Å². The fraction of sp³-hybridized carbons (Fsp3) is 0.227. The number of hydrogen-bond donors (Lipinski definition) is 1. The van der Waals surface area contributed by atoms with Gasteiger partial charge in [0.1, 0.15) is 17.5 Å². The predicted molar refractivity (Wildman–Crippen MR) is 110 cm³/mol. The van der Waals surface area contributed by atoms with Crippen molar-refractivity contribution in [3.8, 4) is 17.3 Å². The highest BCUT2D eigenvalue weighted by molar-refractivity contribution is 5.95. The lowest BCUT2D eigenvalue weighted by atomic mass is 9.86. The summed E-state index contributed by atoms with van der Waals surface area (Å²) >= 11 is 0. The molecule has 4 aromatic rings. The van der Waals surface area contributed by atoms with E-state index in [0.717, 1.165) is 27.9 Å². The first-order valence-electron chi connectivity index (χ1n) is 9.66. The molecule has 8 heteroatoms. The van der Waals surface area contributed by atoms with Gasteiger partial charge in [-0.15, -0.1) is 0 Å². The summed E-state index contributed by atoms with van der Waals surface area (Å²) in [5, 5.41) is 14.9. The summed E-state index contributed by atoms with van der Waals surface area (Å²) < 4.78 is 1.81. The molecule has 0 bridgehead atoms. The summed E-state index contributed by atoms with van der Waals surface area (Å²) in [5.74, 6) is -0.0236. The predicted octanol–water partition coefficient (Wildman–Crippen LogP) is 2.89. The van der Waals surface area contributed by atoms with Crippen LogP contribution in [0.2, 0.25) is 0 Å². The Bertz CT molecular complexity index is 1290. The first kappa shape index (κ1) is 18.1. The maximum Gasteiger partial charge on any atom is 0.254 e. The van der Waals surface area contributed by atoms with Gasteiger partial charge in [-0.05, 0) is 25.1 Å². The normalized spacial score (nSPS) is 15.0. The Kier molecular flexibility index (Phi) is 4.10. The molecule has 8 nitrogen and oxygen atoms in total. The Morgan fingerprint density at radius 3 is 2.97 bits per heavy atom. The van der Waals surface area contributed by atoms with Gasteiger partial charge in [-0.3, -0.25) is 9.48 Å². The molecule has 1 aliphatic heterocycles. The number of aromatic amines is 1. The average molecular weight is 397 g/mol. The van der Waals surface area contributed by atoms with Crippen LogP contribution in [-0.2, 0) is 5.54 Å². The lowest BCUT2D eigenvalue weighted by Gasteiger charge is -2.49. The van der Waals surface area contributed by atoms with E-state index in [0.29, 0.717) is 18.7 Å². The van der Waals surface area contributed by atoms with E-state index in [-0.39, 0.29) is 12.3 Å². The van der Waals surface area contributed by atoms with E-state index in [1.165, 1.54) is 6.33 Å². The molecule has 1 saturated heterocycles. The van der Waals surface area contributed by atoms with Crippen LogP contribution in [0.25, 0.3) is 22.3 Å². The van der Waals surface area contributed by atoms with Crippen molar-refractivity contribution in [2.75, 3.05) is 13.1 Å². The Morgan fingerprint density at radius 2 is 2.17 bits per heavy atom. The van der Waals surface area contributed by atoms with Crippen LogP contribution < -0.4 is 0 Å². The van der Waals surface area contributed by atoms with Crippen molar-refractivity contribution < 1.29 is 4.79 Å². The summed E-state index contributed by atoms with van der Waals surface area (Å²) in [4.78, 5) is 26.3. The quantitative estimate of drug-likeness (QED) is 0.570. The highest BCUT2D eigenvalue weighted by atomic mass is 16.2. The summed E-state index contributed by atoms with van der Waals surface area (Å²) in [6.45, 7) is 2.85. The van der Waals surface area contributed by atoms with Gasteiger partial charge < -0.3 is 9.88 Å². The molecule has 1 fully saturated rings. The van der Waals surface area contributed by atoms with Crippen LogP contribution in [0.1, 0.15) is 22.3 Å². The fourth-order valence-electron chi connectivity index (χ4n) is 4.06. The average Bonchev–Trinajstić information content (AvgIpc) is 3.39. The number of carbonyl (C=O) groups excluding carboxylic acids is 1. The van der Waals surface area contributed by atoms with E-state index >= 15 is 0 Å². The van der Waals surface area contributed by atoms with Crippen molar-refractivity contribution in [3.63, 3.8) is 0 Å². The first-order valence-corrected chi connectivity index (χ1v) is 9.66. The maximum absolute atomic E-state index is 12.8. The molecule has 3 aromatic heterocycles. The molecule has 1 amide bonds. The molecule has 0 unspecified atom stereocenters. The van der Waals surface area contributed by atoms with Gasteiger partial charge in [-0.1, -0.05) is 17.7 Å². The number of aromatic nitrogens is 5. The highest BCUT2D eigenvalue weighted by Gasteiger charge is 2.47. The minimum Gasteiger partial charge on any atom is -0.346 e. The number of nitrogens with zero attached hydrogens (tertiary/aromatic N) is 6. The number of fused-ring (bicyclic) bond motifs is 1. The first-order chi connectivity index (χ1) is 14.6. The standard InChI is InChI=1S/C22H19N7O/c1-15-3-2-4-16(9-15)21(30)28-12-22(13-28,6-7-23)29-11-17(10-27-29)19-18-5-8-24-20(18)26-14-25-19/h2-5,8-11,14H,6,12-13H2,1H3,(H,24,25,26). The molecule has 0 radical (unpaired) electrons. The Morgan fingerprint density at radius 1 is 1.30 bits per heavy atom. The molecular formula is C22H19N7O. The lowest BCUT2D eigenvalue weighted by molar-refractivity contribution is 0.00858. The van der Waals surface area contributed by atoms with E-state index in [1.807, 2.05) is 54.3 Å². The molecule has 148 valence electrons. The van der Waals surface area contributed by atoms with Gasteiger partial charge in [-0.2, -0.15) is 10.4 Å². The number of H-pyrrole nitrogens is 1. The fourth-order valence-corrected chi connectivity index (χ4v) is 4.06. The third-order valence-electron chi connectivity index (χ3n) is 5.63. The van der Waals surface area contributed by atoms with Crippen molar-refractivity contribution in [2.24, 2.45) is 0 Å².